The summed E-state index contributed by atoms with van der Waals surface area (Å²) in [7, 11) is 1.78. The summed E-state index contributed by atoms with van der Waals surface area (Å²) in [4.78, 5) is 13.8. The van der Waals surface area contributed by atoms with E-state index in [1.165, 1.54) is 16.6 Å². The Morgan fingerprint density at radius 2 is 1.74 bits per heavy atom. The lowest BCUT2D eigenvalue weighted by molar-refractivity contribution is -0.131. The summed E-state index contributed by atoms with van der Waals surface area (Å²) in [6.07, 6.45) is 1.43. The van der Waals surface area contributed by atoms with Crippen molar-refractivity contribution in [2.45, 2.75) is 13.1 Å². The summed E-state index contributed by atoms with van der Waals surface area (Å²) < 4.78 is 1.41. The number of likely N-dealkylation sites (N-methyl/N-ethyl adjacent to an activating group) is 1. The Balaban J connectivity index is 1.62. The maximum Gasteiger partial charge on any atom is 0.244 e. The van der Waals surface area contributed by atoms with Gasteiger partial charge in [-0.2, -0.15) is 0 Å². The Morgan fingerprint density at radius 3 is 2.39 bits per heavy atom. The second-order valence-corrected chi connectivity index (χ2v) is 5.32. The van der Waals surface area contributed by atoms with E-state index in [1.807, 2.05) is 30.3 Å². The van der Waals surface area contributed by atoms with Crippen LogP contribution in [0.5, 0.6) is 0 Å². The number of hydrogen-bond donors (Lipinski definition) is 0. The molecule has 0 saturated heterocycles. The van der Waals surface area contributed by atoms with E-state index in [1.54, 1.807) is 11.9 Å². The molecule has 0 aliphatic rings. The SMILES string of the molecule is CN(Cc1ccc(-c2ccccc2)cc1)C(=O)Cn1cnnn1. The average Bonchev–Trinajstić information content (AvgIpc) is 3.09. The van der Waals surface area contributed by atoms with Crippen molar-refractivity contribution in [1.82, 2.24) is 25.1 Å². The van der Waals surface area contributed by atoms with Crippen LogP contribution in [0.15, 0.2) is 60.9 Å². The fourth-order valence-electron chi connectivity index (χ4n) is 2.31. The van der Waals surface area contributed by atoms with E-state index in [0.717, 1.165) is 11.1 Å². The van der Waals surface area contributed by atoms with Gasteiger partial charge in [0.15, 0.2) is 0 Å². The van der Waals surface area contributed by atoms with Gasteiger partial charge in [-0.15, -0.1) is 5.10 Å². The third-order valence-corrected chi connectivity index (χ3v) is 3.60. The Hall–Kier alpha value is -3.02. The van der Waals surface area contributed by atoms with E-state index >= 15 is 0 Å². The first-order chi connectivity index (χ1) is 11.2. The maximum absolute atomic E-state index is 12.1. The van der Waals surface area contributed by atoms with Crippen LogP contribution in [0.1, 0.15) is 5.56 Å². The molecule has 3 rings (SSSR count). The zero-order valence-corrected chi connectivity index (χ0v) is 12.8. The van der Waals surface area contributed by atoms with E-state index in [2.05, 4.69) is 39.8 Å². The highest BCUT2D eigenvalue weighted by Crippen LogP contribution is 2.19. The summed E-state index contributed by atoms with van der Waals surface area (Å²) in [6.45, 7) is 0.696. The fraction of sp³-hybridized carbons (Fsp3) is 0.176. The van der Waals surface area contributed by atoms with E-state index in [4.69, 9.17) is 0 Å². The third kappa shape index (κ3) is 3.79. The molecule has 0 fully saturated rings. The smallest absolute Gasteiger partial charge is 0.244 e. The first-order valence-corrected chi connectivity index (χ1v) is 7.31. The molecule has 0 aliphatic carbocycles. The van der Waals surface area contributed by atoms with Crippen molar-refractivity contribution in [3.05, 3.63) is 66.5 Å². The van der Waals surface area contributed by atoms with Gasteiger partial charge in [0, 0.05) is 13.6 Å². The van der Waals surface area contributed by atoms with Gasteiger partial charge in [0.25, 0.3) is 0 Å². The van der Waals surface area contributed by atoms with Crippen molar-refractivity contribution in [2.75, 3.05) is 7.05 Å². The van der Waals surface area contributed by atoms with Crippen LogP contribution in [-0.4, -0.2) is 38.1 Å². The molecule has 3 aromatic rings. The topological polar surface area (TPSA) is 63.9 Å². The van der Waals surface area contributed by atoms with Gasteiger partial charge < -0.3 is 4.90 Å². The molecule has 0 unspecified atom stereocenters. The predicted octanol–water partition coefficient (Wildman–Crippen LogP) is 2.00. The van der Waals surface area contributed by atoms with Gasteiger partial charge in [0.2, 0.25) is 5.91 Å². The van der Waals surface area contributed by atoms with E-state index in [-0.39, 0.29) is 12.5 Å². The first kappa shape index (κ1) is 14.9. The van der Waals surface area contributed by atoms with Crippen LogP contribution in [0.25, 0.3) is 11.1 Å². The minimum Gasteiger partial charge on any atom is -0.340 e. The normalized spacial score (nSPS) is 10.5. The molecule has 1 amide bonds. The van der Waals surface area contributed by atoms with Gasteiger partial charge in [-0.1, -0.05) is 54.6 Å². The van der Waals surface area contributed by atoms with Crippen molar-refractivity contribution in [2.24, 2.45) is 0 Å². The fourth-order valence-corrected chi connectivity index (χ4v) is 2.31. The van der Waals surface area contributed by atoms with Crippen LogP contribution in [0.3, 0.4) is 0 Å². The summed E-state index contributed by atoms with van der Waals surface area (Å²) in [5.74, 6) is -0.0376. The largest absolute Gasteiger partial charge is 0.340 e. The molecule has 0 radical (unpaired) electrons. The Labute approximate surface area is 134 Å². The Morgan fingerprint density at radius 1 is 1.04 bits per heavy atom. The van der Waals surface area contributed by atoms with Gasteiger partial charge in [-0.25, -0.2) is 4.68 Å². The van der Waals surface area contributed by atoms with Crippen molar-refractivity contribution in [3.63, 3.8) is 0 Å². The summed E-state index contributed by atoms with van der Waals surface area (Å²) in [5, 5.41) is 10.7. The van der Waals surface area contributed by atoms with Crippen LogP contribution in [0.4, 0.5) is 0 Å². The van der Waals surface area contributed by atoms with Gasteiger partial charge >= 0.3 is 0 Å². The van der Waals surface area contributed by atoms with Crippen LogP contribution in [0, 0.1) is 0 Å². The number of carbonyl (C=O) groups excluding carboxylic acids is 1. The van der Waals surface area contributed by atoms with Crippen molar-refractivity contribution >= 4 is 5.91 Å². The van der Waals surface area contributed by atoms with Crippen LogP contribution < -0.4 is 0 Å². The second kappa shape index (κ2) is 6.83. The molecule has 0 spiro atoms. The van der Waals surface area contributed by atoms with Crippen LogP contribution in [0.2, 0.25) is 0 Å². The van der Waals surface area contributed by atoms with Gasteiger partial charge in [0.1, 0.15) is 12.9 Å². The number of rotatable bonds is 5. The highest BCUT2D eigenvalue weighted by atomic mass is 16.2. The number of tetrazole rings is 1. The lowest BCUT2D eigenvalue weighted by Crippen LogP contribution is -2.30. The molecule has 2 aromatic carbocycles. The predicted molar refractivity (Wildman–Crippen MR) is 86.2 cm³/mol. The Bertz CT molecular complexity index is 753. The molecule has 0 bridgehead atoms. The molecule has 0 aliphatic heterocycles. The van der Waals surface area contributed by atoms with Crippen LogP contribution in [-0.2, 0) is 17.9 Å². The zero-order chi connectivity index (χ0) is 16.1. The van der Waals surface area contributed by atoms with Crippen molar-refractivity contribution < 1.29 is 4.79 Å². The molecule has 116 valence electrons. The molecular weight excluding hydrogens is 290 g/mol. The number of aromatic nitrogens is 4. The molecule has 6 nitrogen and oxygen atoms in total. The van der Waals surface area contributed by atoms with E-state index < -0.39 is 0 Å². The maximum atomic E-state index is 12.1. The van der Waals surface area contributed by atoms with Crippen LogP contribution >= 0.6 is 0 Å². The third-order valence-electron chi connectivity index (χ3n) is 3.60. The average molecular weight is 307 g/mol. The summed E-state index contributed by atoms with van der Waals surface area (Å²) >= 11 is 0. The quantitative estimate of drug-likeness (QED) is 0.723. The number of carbonyl (C=O) groups is 1. The standard InChI is InChI=1S/C17H17N5O/c1-21(17(23)12-22-13-18-19-20-22)11-14-7-9-16(10-8-14)15-5-3-2-4-6-15/h2-10,13H,11-12H2,1H3. The highest BCUT2D eigenvalue weighted by Gasteiger charge is 2.10. The van der Waals surface area contributed by atoms with Crippen molar-refractivity contribution in [3.8, 4) is 11.1 Å². The molecule has 1 aromatic heterocycles. The van der Waals surface area contributed by atoms with Gasteiger partial charge in [0.05, 0.1) is 0 Å². The molecular formula is C17H17N5O. The van der Waals surface area contributed by atoms with Gasteiger partial charge in [-0.05, 0) is 27.1 Å². The number of hydrogen-bond acceptors (Lipinski definition) is 4. The van der Waals surface area contributed by atoms with Crippen molar-refractivity contribution in [1.29, 1.82) is 0 Å². The number of amides is 1. The molecule has 1 heterocycles. The summed E-state index contributed by atoms with van der Waals surface area (Å²) in [6, 6.07) is 18.4. The van der Waals surface area contributed by atoms with E-state index in [0.29, 0.717) is 6.54 Å². The minimum atomic E-state index is -0.0376. The first-order valence-electron chi connectivity index (χ1n) is 7.31. The Kier molecular flexibility index (Phi) is 4.42. The lowest BCUT2D eigenvalue weighted by Gasteiger charge is -2.17. The summed E-state index contributed by atoms with van der Waals surface area (Å²) in [5.41, 5.74) is 3.43. The van der Waals surface area contributed by atoms with E-state index in [9.17, 15) is 4.79 Å². The second-order valence-electron chi connectivity index (χ2n) is 5.32. The lowest BCUT2D eigenvalue weighted by atomic mass is 10.0. The molecule has 0 atom stereocenters. The zero-order valence-electron chi connectivity index (χ0n) is 12.8. The molecule has 0 N–H and O–H groups in total. The van der Waals surface area contributed by atoms with Gasteiger partial charge in [-0.3, -0.25) is 4.79 Å². The monoisotopic (exact) mass is 307 g/mol. The number of nitrogens with zero attached hydrogens (tertiary/aromatic N) is 5. The number of benzene rings is 2. The molecule has 0 saturated carbocycles. The molecule has 23 heavy (non-hydrogen) atoms. The highest BCUT2D eigenvalue weighted by molar-refractivity contribution is 5.75. The molecule has 6 heteroatoms. The minimum absolute atomic E-state index is 0.0376.